The number of hydrogen-bond acceptors (Lipinski definition) is 2. The lowest BCUT2D eigenvalue weighted by Gasteiger charge is -2.19. The number of nitrogens with two attached hydrogens (primary N) is 1. The van der Waals surface area contributed by atoms with E-state index in [9.17, 15) is 0 Å². The van der Waals surface area contributed by atoms with Crippen LogP contribution in [0.4, 0.5) is 0 Å². The van der Waals surface area contributed by atoms with E-state index in [2.05, 4.69) is 65.0 Å². The van der Waals surface area contributed by atoms with E-state index in [-0.39, 0.29) is 6.04 Å². The predicted molar refractivity (Wildman–Crippen MR) is 89.0 cm³/mol. The topological polar surface area (TPSA) is 35.2 Å². The number of aryl methyl sites for hydroxylation is 4. The molecule has 2 N–H and O–H groups in total. The summed E-state index contributed by atoms with van der Waals surface area (Å²) in [7, 11) is 0. The Morgan fingerprint density at radius 1 is 0.905 bits per heavy atom. The summed E-state index contributed by atoms with van der Waals surface area (Å²) in [6.07, 6.45) is 0. The Morgan fingerprint density at radius 3 is 2.24 bits per heavy atom. The zero-order valence-corrected chi connectivity index (χ0v) is 13.7. The molecule has 1 unspecified atom stereocenters. The van der Waals surface area contributed by atoms with Crippen LogP contribution in [-0.4, -0.2) is 6.61 Å². The third kappa shape index (κ3) is 3.45. The Labute approximate surface area is 127 Å². The highest BCUT2D eigenvalue weighted by Gasteiger charge is 2.12. The van der Waals surface area contributed by atoms with E-state index in [4.69, 9.17) is 10.5 Å². The van der Waals surface area contributed by atoms with Crippen LogP contribution in [0.15, 0.2) is 30.3 Å². The Morgan fingerprint density at radius 2 is 1.57 bits per heavy atom. The highest BCUT2D eigenvalue weighted by molar-refractivity contribution is 5.44. The van der Waals surface area contributed by atoms with Crippen molar-refractivity contribution < 1.29 is 4.74 Å². The summed E-state index contributed by atoms with van der Waals surface area (Å²) in [4.78, 5) is 0. The minimum Gasteiger partial charge on any atom is -0.491 e. The standard InChI is InChI=1S/C19H25NO/c1-12-6-9-17(15(4)10-12)18(20)11-21-19-14(3)8-7-13(2)16(19)5/h6-10,18H,11,20H2,1-5H3. The van der Waals surface area contributed by atoms with E-state index in [0.717, 1.165) is 16.9 Å². The van der Waals surface area contributed by atoms with Crippen molar-refractivity contribution in [2.45, 2.75) is 40.7 Å². The molecule has 0 aromatic heterocycles. The second-order valence-corrected chi connectivity index (χ2v) is 5.93. The SMILES string of the molecule is Cc1ccc(C(N)COc2c(C)ccc(C)c2C)c(C)c1. The maximum atomic E-state index is 6.31. The Kier molecular flexibility index (Phi) is 4.69. The fourth-order valence-corrected chi connectivity index (χ4v) is 2.65. The van der Waals surface area contributed by atoms with Gasteiger partial charge in [0.25, 0.3) is 0 Å². The van der Waals surface area contributed by atoms with Crippen molar-refractivity contribution in [2.75, 3.05) is 6.61 Å². The average Bonchev–Trinajstić information content (AvgIpc) is 2.43. The van der Waals surface area contributed by atoms with E-state index in [1.165, 1.54) is 22.3 Å². The summed E-state index contributed by atoms with van der Waals surface area (Å²) in [6.45, 7) is 11.0. The highest BCUT2D eigenvalue weighted by atomic mass is 16.5. The molecule has 2 aromatic rings. The van der Waals surface area contributed by atoms with Crippen LogP contribution in [0.3, 0.4) is 0 Å². The molecule has 2 heteroatoms. The Hall–Kier alpha value is -1.80. The van der Waals surface area contributed by atoms with Gasteiger partial charge in [-0.1, -0.05) is 35.9 Å². The molecule has 0 saturated carbocycles. The van der Waals surface area contributed by atoms with Gasteiger partial charge in [0.15, 0.2) is 0 Å². The molecule has 2 nitrogen and oxygen atoms in total. The molecule has 0 aliphatic heterocycles. The minimum absolute atomic E-state index is 0.107. The quantitative estimate of drug-likeness (QED) is 0.907. The molecule has 0 aliphatic carbocycles. The van der Waals surface area contributed by atoms with Crippen LogP contribution in [0.1, 0.15) is 39.4 Å². The predicted octanol–water partition coefficient (Wildman–Crippen LogP) is 4.31. The zero-order valence-electron chi connectivity index (χ0n) is 13.7. The van der Waals surface area contributed by atoms with Crippen LogP contribution in [0.5, 0.6) is 5.75 Å². The number of benzene rings is 2. The Balaban J connectivity index is 2.15. The van der Waals surface area contributed by atoms with Crippen LogP contribution in [0.25, 0.3) is 0 Å². The molecule has 0 saturated heterocycles. The maximum Gasteiger partial charge on any atom is 0.125 e. The van der Waals surface area contributed by atoms with Crippen molar-refractivity contribution >= 4 is 0 Å². The third-order valence-corrected chi connectivity index (χ3v) is 4.11. The smallest absolute Gasteiger partial charge is 0.125 e. The van der Waals surface area contributed by atoms with E-state index >= 15 is 0 Å². The maximum absolute atomic E-state index is 6.31. The summed E-state index contributed by atoms with van der Waals surface area (Å²) in [6, 6.07) is 10.5. The second kappa shape index (κ2) is 6.31. The summed E-state index contributed by atoms with van der Waals surface area (Å²) in [5.41, 5.74) is 13.5. The van der Waals surface area contributed by atoms with Gasteiger partial charge in [-0.25, -0.2) is 0 Å². The summed E-state index contributed by atoms with van der Waals surface area (Å²) >= 11 is 0. The van der Waals surface area contributed by atoms with Crippen LogP contribution in [0.2, 0.25) is 0 Å². The highest BCUT2D eigenvalue weighted by Crippen LogP contribution is 2.27. The summed E-state index contributed by atoms with van der Waals surface area (Å²) in [5.74, 6) is 0.968. The zero-order chi connectivity index (χ0) is 15.6. The van der Waals surface area contributed by atoms with Gasteiger partial charge >= 0.3 is 0 Å². The molecule has 2 rings (SSSR count). The van der Waals surface area contributed by atoms with Gasteiger partial charge in [-0.05, 0) is 62.4 Å². The first-order valence-electron chi connectivity index (χ1n) is 7.42. The molecule has 0 amide bonds. The first kappa shape index (κ1) is 15.6. The molecular formula is C19H25NO. The van der Waals surface area contributed by atoms with Crippen LogP contribution < -0.4 is 10.5 Å². The van der Waals surface area contributed by atoms with Gasteiger partial charge in [-0.15, -0.1) is 0 Å². The Bertz CT molecular complexity index is 646. The minimum atomic E-state index is -0.107. The van der Waals surface area contributed by atoms with Crippen LogP contribution >= 0.6 is 0 Å². The molecule has 0 radical (unpaired) electrons. The van der Waals surface area contributed by atoms with Gasteiger partial charge in [0, 0.05) is 0 Å². The van der Waals surface area contributed by atoms with Crippen molar-refractivity contribution in [3.05, 3.63) is 63.7 Å². The lowest BCUT2D eigenvalue weighted by Crippen LogP contribution is -2.20. The number of hydrogen-bond donors (Lipinski definition) is 1. The normalized spacial score (nSPS) is 12.3. The lowest BCUT2D eigenvalue weighted by atomic mass is 10.00. The van der Waals surface area contributed by atoms with E-state index in [1.807, 2.05) is 0 Å². The fraction of sp³-hybridized carbons (Fsp3) is 0.368. The molecule has 0 fully saturated rings. The molecule has 21 heavy (non-hydrogen) atoms. The first-order chi connectivity index (χ1) is 9.90. The van der Waals surface area contributed by atoms with Crippen molar-refractivity contribution in [3.63, 3.8) is 0 Å². The van der Waals surface area contributed by atoms with Gasteiger partial charge in [-0.3, -0.25) is 0 Å². The van der Waals surface area contributed by atoms with Crippen LogP contribution in [-0.2, 0) is 0 Å². The van der Waals surface area contributed by atoms with Crippen molar-refractivity contribution in [1.29, 1.82) is 0 Å². The van der Waals surface area contributed by atoms with Gasteiger partial charge < -0.3 is 10.5 Å². The largest absolute Gasteiger partial charge is 0.491 e. The molecule has 0 bridgehead atoms. The number of rotatable bonds is 4. The van der Waals surface area contributed by atoms with Gasteiger partial charge in [-0.2, -0.15) is 0 Å². The van der Waals surface area contributed by atoms with Gasteiger partial charge in [0.05, 0.1) is 6.04 Å². The summed E-state index contributed by atoms with van der Waals surface area (Å²) in [5, 5.41) is 0. The fourth-order valence-electron chi connectivity index (χ4n) is 2.65. The van der Waals surface area contributed by atoms with E-state index in [0.29, 0.717) is 6.61 Å². The monoisotopic (exact) mass is 283 g/mol. The average molecular weight is 283 g/mol. The van der Waals surface area contributed by atoms with Gasteiger partial charge in [0.2, 0.25) is 0 Å². The first-order valence-corrected chi connectivity index (χ1v) is 7.42. The molecule has 112 valence electrons. The molecule has 0 spiro atoms. The third-order valence-electron chi connectivity index (χ3n) is 4.11. The van der Waals surface area contributed by atoms with Crippen molar-refractivity contribution in [1.82, 2.24) is 0 Å². The molecular weight excluding hydrogens is 258 g/mol. The lowest BCUT2D eigenvalue weighted by molar-refractivity contribution is 0.286. The number of ether oxygens (including phenoxy) is 1. The molecule has 0 heterocycles. The molecule has 2 aromatic carbocycles. The van der Waals surface area contributed by atoms with E-state index in [1.54, 1.807) is 0 Å². The second-order valence-electron chi connectivity index (χ2n) is 5.93. The van der Waals surface area contributed by atoms with Crippen molar-refractivity contribution in [3.8, 4) is 5.75 Å². The van der Waals surface area contributed by atoms with E-state index < -0.39 is 0 Å². The van der Waals surface area contributed by atoms with Crippen LogP contribution in [0, 0.1) is 34.6 Å². The summed E-state index contributed by atoms with van der Waals surface area (Å²) < 4.78 is 6.02. The molecule has 0 aliphatic rings. The van der Waals surface area contributed by atoms with Crippen molar-refractivity contribution in [2.24, 2.45) is 5.73 Å². The molecule has 1 atom stereocenters. The van der Waals surface area contributed by atoms with Gasteiger partial charge in [0.1, 0.15) is 12.4 Å².